The average Bonchev–Trinajstić information content (AvgIpc) is 2.57. The Morgan fingerprint density at radius 3 is 2.48 bits per heavy atom. The number of amides is 1. The Morgan fingerprint density at radius 2 is 1.84 bits per heavy atom. The van der Waals surface area contributed by atoms with Gasteiger partial charge in [-0.3, -0.25) is 9.69 Å². The van der Waals surface area contributed by atoms with Crippen LogP contribution in [0.25, 0.3) is 0 Å². The first-order valence-electron chi connectivity index (χ1n) is 8.23. The Balaban J connectivity index is 0.00000225. The van der Waals surface area contributed by atoms with E-state index in [0.29, 0.717) is 5.69 Å². The van der Waals surface area contributed by atoms with E-state index in [4.69, 9.17) is 5.73 Å². The van der Waals surface area contributed by atoms with Gasteiger partial charge in [0, 0.05) is 23.8 Å². The fourth-order valence-corrected chi connectivity index (χ4v) is 3.08. The van der Waals surface area contributed by atoms with Gasteiger partial charge in [-0.2, -0.15) is 0 Å². The number of hydrogen-bond acceptors (Lipinski definition) is 3. The van der Waals surface area contributed by atoms with Crippen LogP contribution in [0.15, 0.2) is 48.5 Å². The SMILES string of the molecule is Cl.Nc1cccc(CN2CCC(C(=O)Nc3ccc(F)cc3)CC2)c1. The lowest BCUT2D eigenvalue weighted by Crippen LogP contribution is -2.37. The smallest absolute Gasteiger partial charge is 0.227 e. The Hall–Kier alpha value is -2.11. The predicted molar refractivity (Wildman–Crippen MR) is 101 cm³/mol. The summed E-state index contributed by atoms with van der Waals surface area (Å²) in [4.78, 5) is 14.7. The van der Waals surface area contributed by atoms with Crippen LogP contribution < -0.4 is 11.1 Å². The first-order chi connectivity index (χ1) is 11.6. The van der Waals surface area contributed by atoms with Crippen molar-refractivity contribution in [3.8, 4) is 0 Å². The summed E-state index contributed by atoms with van der Waals surface area (Å²) in [6.45, 7) is 2.63. The molecule has 3 rings (SSSR count). The van der Waals surface area contributed by atoms with E-state index in [-0.39, 0.29) is 30.0 Å². The maximum atomic E-state index is 12.9. The third kappa shape index (κ3) is 5.44. The molecule has 6 heteroatoms. The van der Waals surface area contributed by atoms with Crippen molar-refractivity contribution in [3.63, 3.8) is 0 Å². The molecule has 3 N–H and O–H groups in total. The molecule has 0 aromatic heterocycles. The highest BCUT2D eigenvalue weighted by atomic mass is 35.5. The summed E-state index contributed by atoms with van der Waals surface area (Å²) in [7, 11) is 0. The Kier molecular flexibility index (Phi) is 6.79. The van der Waals surface area contributed by atoms with Gasteiger partial charge in [-0.15, -0.1) is 12.4 Å². The molecule has 1 amide bonds. The number of nitrogen functional groups attached to an aromatic ring is 1. The van der Waals surface area contributed by atoms with E-state index in [9.17, 15) is 9.18 Å². The zero-order valence-corrected chi connectivity index (χ0v) is 14.8. The Labute approximate surface area is 153 Å². The monoisotopic (exact) mass is 363 g/mol. The molecule has 0 bridgehead atoms. The van der Waals surface area contributed by atoms with Crippen LogP contribution in [0.3, 0.4) is 0 Å². The van der Waals surface area contributed by atoms with Gasteiger partial charge in [0.05, 0.1) is 0 Å². The van der Waals surface area contributed by atoms with E-state index in [1.54, 1.807) is 12.1 Å². The Bertz CT molecular complexity index is 700. The summed E-state index contributed by atoms with van der Waals surface area (Å²) in [5.41, 5.74) is 8.43. The number of carbonyl (C=O) groups excluding carboxylic acids is 1. The molecule has 25 heavy (non-hydrogen) atoms. The summed E-state index contributed by atoms with van der Waals surface area (Å²) < 4.78 is 12.9. The summed E-state index contributed by atoms with van der Waals surface area (Å²) in [6, 6.07) is 13.8. The molecule has 2 aromatic carbocycles. The van der Waals surface area contributed by atoms with Crippen LogP contribution in [0.2, 0.25) is 0 Å². The average molecular weight is 364 g/mol. The summed E-state index contributed by atoms with van der Waals surface area (Å²) in [5.74, 6) is -0.278. The molecule has 0 spiro atoms. The molecule has 1 heterocycles. The number of benzene rings is 2. The van der Waals surface area contributed by atoms with Gasteiger partial charge in [-0.25, -0.2) is 4.39 Å². The highest BCUT2D eigenvalue weighted by Gasteiger charge is 2.25. The second-order valence-electron chi connectivity index (χ2n) is 6.29. The number of piperidine rings is 1. The van der Waals surface area contributed by atoms with Gasteiger partial charge in [0.1, 0.15) is 5.82 Å². The van der Waals surface area contributed by atoms with Gasteiger partial charge < -0.3 is 11.1 Å². The van der Waals surface area contributed by atoms with Gasteiger partial charge in [-0.05, 0) is 67.9 Å². The number of nitrogens with zero attached hydrogens (tertiary/aromatic N) is 1. The number of likely N-dealkylation sites (tertiary alicyclic amines) is 1. The molecule has 0 saturated carbocycles. The number of rotatable bonds is 4. The highest BCUT2D eigenvalue weighted by Crippen LogP contribution is 2.21. The molecule has 0 radical (unpaired) electrons. The third-order valence-electron chi connectivity index (χ3n) is 4.43. The van der Waals surface area contributed by atoms with Crippen LogP contribution >= 0.6 is 12.4 Å². The molecule has 134 valence electrons. The summed E-state index contributed by atoms with van der Waals surface area (Å²) in [5, 5.41) is 2.87. The minimum absolute atomic E-state index is 0. The number of nitrogens with two attached hydrogens (primary N) is 1. The van der Waals surface area contributed by atoms with Crippen LogP contribution in [0.1, 0.15) is 18.4 Å². The topological polar surface area (TPSA) is 58.4 Å². The number of carbonyl (C=O) groups is 1. The molecule has 0 aliphatic carbocycles. The standard InChI is InChI=1S/C19H22FN3O.ClH/c20-16-4-6-18(7-5-16)22-19(24)15-8-10-23(11-9-15)13-14-2-1-3-17(21)12-14;/h1-7,12,15H,8-11,13,21H2,(H,22,24);1H. The highest BCUT2D eigenvalue weighted by molar-refractivity contribution is 5.92. The van der Waals surface area contributed by atoms with Crippen molar-refractivity contribution < 1.29 is 9.18 Å². The first kappa shape index (κ1) is 19.2. The molecule has 1 saturated heterocycles. The summed E-state index contributed by atoms with van der Waals surface area (Å²) >= 11 is 0. The zero-order chi connectivity index (χ0) is 16.9. The second kappa shape index (κ2) is 8.83. The first-order valence-corrected chi connectivity index (χ1v) is 8.23. The lowest BCUT2D eigenvalue weighted by atomic mass is 9.95. The van der Waals surface area contributed by atoms with Crippen molar-refractivity contribution >= 4 is 29.7 Å². The second-order valence-corrected chi connectivity index (χ2v) is 6.29. The van der Waals surface area contributed by atoms with E-state index in [1.807, 2.05) is 18.2 Å². The Morgan fingerprint density at radius 1 is 1.16 bits per heavy atom. The quantitative estimate of drug-likeness (QED) is 0.815. The molecule has 1 aliphatic heterocycles. The largest absolute Gasteiger partial charge is 0.399 e. The molecular formula is C19H23ClFN3O. The van der Waals surface area contributed by atoms with Crippen molar-refractivity contribution in [2.24, 2.45) is 5.92 Å². The predicted octanol–water partition coefficient (Wildman–Crippen LogP) is 3.68. The zero-order valence-electron chi connectivity index (χ0n) is 14.0. The lowest BCUT2D eigenvalue weighted by molar-refractivity contribution is -0.121. The number of hydrogen-bond donors (Lipinski definition) is 2. The van der Waals surface area contributed by atoms with E-state index in [2.05, 4.69) is 16.3 Å². The fourth-order valence-electron chi connectivity index (χ4n) is 3.08. The minimum atomic E-state index is -0.303. The molecular weight excluding hydrogens is 341 g/mol. The van der Waals surface area contributed by atoms with Gasteiger partial charge in [0.2, 0.25) is 5.91 Å². The molecule has 0 unspecified atom stereocenters. The molecule has 1 fully saturated rings. The van der Waals surface area contributed by atoms with Crippen LogP contribution in [0.4, 0.5) is 15.8 Å². The van der Waals surface area contributed by atoms with Crippen LogP contribution in [-0.2, 0) is 11.3 Å². The summed E-state index contributed by atoms with van der Waals surface area (Å²) in [6.07, 6.45) is 1.66. The normalized spacial score (nSPS) is 15.4. The van der Waals surface area contributed by atoms with E-state index in [0.717, 1.165) is 38.2 Å². The molecule has 0 atom stereocenters. The van der Waals surface area contributed by atoms with Crippen molar-refractivity contribution in [3.05, 3.63) is 59.9 Å². The number of anilines is 2. The van der Waals surface area contributed by atoms with E-state index in [1.165, 1.54) is 17.7 Å². The fraction of sp³-hybridized carbons (Fsp3) is 0.316. The maximum absolute atomic E-state index is 12.9. The molecule has 1 aliphatic rings. The van der Waals surface area contributed by atoms with Gasteiger partial charge in [0.15, 0.2) is 0 Å². The van der Waals surface area contributed by atoms with Crippen LogP contribution in [0.5, 0.6) is 0 Å². The minimum Gasteiger partial charge on any atom is -0.399 e. The van der Waals surface area contributed by atoms with Gasteiger partial charge >= 0.3 is 0 Å². The van der Waals surface area contributed by atoms with Gasteiger partial charge in [-0.1, -0.05) is 12.1 Å². The van der Waals surface area contributed by atoms with E-state index < -0.39 is 0 Å². The van der Waals surface area contributed by atoms with Crippen molar-refractivity contribution in [1.29, 1.82) is 0 Å². The molecule has 2 aromatic rings. The van der Waals surface area contributed by atoms with E-state index >= 15 is 0 Å². The van der Waals surface area contributed by atoms with Gasteiger partial charge in [0.25, 0.3) is 0 Å². The van der Waals surface area contributed by atoms with Crippen LogP contribution in [0, 0.1) is 11.7 Å². The van der Waals surface area contributed by atoms with Crippen molar-refractivity contribution in [2.75, 3.05) is 24.1 Å². The number of nitrogens with one attached hydrogen (secondary N) is 1. The van der Waals surface area contributed by atoms with Crippen LogP contribution in [-0.4, -0.2) is 23.9 Å². The van der Waals surface area contributed by atoms with Crippen molar-refractivity contribution in [2.45, 2.75) is 19.4 Å². The molecule has 4 nitrogen and oxygen atoms in total. The lowest BCUT2D eigenvalue weighted by Gasteiger charge is -2.31. The third-order valence-corrected chi connectivity index (χ3v) is 4.43. The van der Waals surface area contributed by atoms with Crippen molar-refractivity contribution in [1.82, 2.24) is 4.90 Å². The number of halogens is 2. The maximum Gasteiger partial charge on any atom is 0.227 e.